The van der Waals surface area contributed by atoms with E-state index in [9.17, 15) is 9.18 Å². The predicted molar refractivity (Wildman–Crippen MR) is 123 cm³/mol. The molecule has 1 N–H and O–H groups in total. The van der Waals surface area contributed by atoms with Gasteiger partial charge in [0.1, 0.15) is 36.4 Å². The summed E-state index contributed by atoms with van der Waals surface area (Å²) < 4.78 is 27.0. The quantitative estimate of drug-likeness (QED) is 0.412. The van der Waals surface area contributed by atoms with Crippen LogP contribution in [0.1, 0.15) is 11.6 Å². The van der Waals surface area contributed by atoms with Crippen molar-refractivity contribution in [3.63, 3.8) is 0 Å². The Morgan fingerprint density at radius 3 is 2.74 bits per heavy atom. The summed E-state index contributed by atoms with van der Waals surface area (Å²) in [5, 5.41) is 10.8. The maximum absolute atomic E-state index is 14.9. The fourth-order valence-corrected chi connectivity index (χ4v) is 4.15. The number of anilines is 1. The van der Waals surface area contributed by atoms with Crippen LogP contribution in [0.25, 0.3) is 28.2 Å². The van der Waals surface area contributed by atoms with E-state index in [1.54, 1.807) is 42.2 Å². The van der Waals surface area contributed by atoms with Gasteiger partial charge in [-0.3, -0.25) is 10.00 Å². The number of ether oxygens (including phenoxy) is 2. The number of methoxy groups -OCH3 is 1. The second kappa shape index (κ2) is 8.20. The number of nitrogens with zero attached hydrogens (tertiary/aromatic N) is 6. The maximum Gasteiger partial charge on any atom is 0.416 e. The van der Waals surface area contributed by atoms with Gasteiger partial charge >= 0.3 is 6.09 Å². The highest BCUT2D eigenvalue weighted by Gasteiger charge is 2.36. The molecule has 6 rings (SSSR count). The Morgan fingerprint density at radius 2 is 2.00 bits per heavy atom. The SMILES string of the molecule is COc1ccc([C@H]2COC(=O)N2c2ccn3ncc(-c4ccc(-c5ncn[nH]5)c(F)c4)c3n2)cc1. The van der Waals surface area contributed by atoms with Crippen LogP contribution in [0.2, 0.25) is 0 Å². The molecular formula is C24H18FN7O3. The average Bonchev–Trinajstić information content (AvgIpc) is 3.64. The average molecular weight is 471 g/mol. The van der Waals surface area contributed by atoms with Crippen molar-refractivity contribution >= 4 is 17.6 Å². The number of carbonyl (C=O) groups excluding carboxylic acids is 1. The van der Waals surface area contributed by atoms with E-state index < -0.39 is 11.9 Å². The van der Waals surface area contributed by atoms with Gasteiger partial charge in [0.25, 0.3) is 0 Å². The van der Waals surface area contributed by atoms with Gasteiger partial charge in [-0.25, -0.2) is 23.7 Å². The van der Waals surface area contributed by atoms with Crippen LogP contribution in [-0.4, -0.2) is 49.6 Å². The van der Waals surface area contributed by atoms with Gasteiger partial charge in [0.15, 0.2) is 11.5 Å². The van der Waals surface area contributed by atoms with Gasteiger partial charge in [-0.2, -0.15) is 10.2 Å². The number of aromatic nitrogens is 6. The number of aromatic amines is 1. The van der Waals surface area contributed by atoms with Crippen LogP contribution in [0.15, 0.2) is 67.3 Å². The number of benzene rings is 2. The van der Waals surface area contributed by atoms with Gasteiger partial charge in [0.2, 0.25) is 0 Å². The van der Waals surface area contributed by atoms with Gasteiger partial charge in [0.05, 0.1) is 18.9 Å². The Balaban J connectivity index is 1.38. The Hall–Kier alpha value is -4.80. The van der Waals surface area contributed by atoms with Gasteiger partial charge in [-0.05, 0) is 41.5 Å². The predicted octanol–water partition coefficient (Wildman–Crippen LogP) is 4.03. The molecule has 0 spiro atoms. The Kier molecular flexibility index (Phi) is 4.87. The number of halogens is 1. The Bertz CT molecular complexity index is 1530. The van der Waals surface area contributed by atoms with Crippen LogP contribution >= 0.6 is 0 Å². The van der Waals surface area contributed by atoms with Gasteiger partial charge in [0, 0.05) is 11.8 Å². The highest BCUT2D eigenvalue weighted by atomic mass is 19.1. The molecule has 0 saturated carbocycles. The van der Waals surface area contributed by atoms with Crippen molar-refractivity contribution in [2.24, 2.45) is 0 Å². The molecule has 0 unspecified atom stereocenters. The van der Waals surface area contributed by atoms with E-state index >= 15 is 0 Å². The van der Waals surface area contributed by atoms with E-state index in [-0.39, 0.29) is 12.6 Å². The van der Waals surface area contributed by atoms with E-state index in [2.05, 4.69) is 20.3 Å². The van der Waals surface area contributed by atoms with Crippen molar-refractivity contribution in [3.8, 4) is 28.3 Å². The van der Waals surface area contributed by atoms with Crippen molar-refractivity contribution in [1.29, 1.82) is 0 Å². The number of H-pyrrole nitrogens is 1. The lowest BCUT2D eigenvalue weighted by Crippen LogP contribution is -2.28. The van der Waals surface area contributed by atoms with E-state index in [1.807, 2.05) is 24.3 Å². The van der Waals surface area contributed by atoms with Crippen LogP contribution in [0.4, 0.5) is 15.0 Å². The van der Waals surface area contributed by atoms with Crippen molar-refractivity contribution in [1.82, 2.24) is 29.8 Å². The largest absolute Gasteiger partial charge is 0.497 e. The van der Waals surface area contributed by atoms with Crippen LogP contribution in [0.3, 0.4) is 0 Å². The summed E-state index contributed by atoms with van der Waals surface area (Å²) in [5.41, 5.74) is 2.86. The number of carbonyl (C=O) groups is 1. The van der Waals surface area contributed by atoms with Gasteiger partial charge in [-0.1, -0.05) is 18.2 Å². The molecule has 0 radical (unpaired) electrons. The number of amides is 1. The molecule has 35 heavy (non-hydrogen) atoms. The molecule has 1 saturated heterocycles. The van der Waals surface area contributed by atoms with E-state index in [4.69, 9.17) is 14.5 Å². The van der Waals surface area contributed by atoms with Crippen LogP contribution in [0.5, 0.6) is 5.75 Å². The standard InChI is InChI=1S/C24H18FN7O3/c1-34-16-5-2-14(3-6-16)20-12-35-24(33)32(20)21-8-9-31-23(29-21)18(11-28-31)15-4-7-17(19(25)10-15)22-26-13-27-30-22/h2-11,13,20H,12H2,1H3,(H,26,27,30)/t20-/m1/s1. The minimum atomic E-state index is -0.494. The zero-order valence-corrected chi connectivity index (χ0v) is 18.4. The van der Waals surface area contributed by atoms with Crippen molar-refractivity contribution in [2.75, 3.05) is 18.6 Å². The molecule has 1 aliphatic heterocycles. The molecular weight excluding hydrogens is 453 g/mol. The molecule has 1 amide bonds. The van der Waals surface area contributed by atoms with E-state index in [0.29, 0.717) is 34.0 Å². The number of hydrogen-bond acceptors (Lipinski definition) is 7. The molecule has 0 aliphatic carbocycles. The number of fused-ring (bicyclic) bond motifs is 1. The molecule has 3 aromatic heterocycles. The highest BCUT2D eigenvalue weighted by Crippen LogP contribution is 2.34. The fourth-order valence-electron chi connectivity index (χ4n) is 4.15. The molecule has 4 heterocycles. The maximum atomic E-state index is 14.9. The first kappa shape index (κ1) is 20.8. The van der Waals surface area contributed by atoms with E-state index in [1.165, 1.54) is 17.3 Å². The zero-order valence-electron chi connectivity index (χ0n) is 18.4. The lowest BCUT2D eigenvalue weighted by atomic mass is 10.1. The zero-order chi connectivity index (χ0) is 23.9. The Morgan fingerprint density at radius 1 is 1.14 bits per heavy atom. The summed E-state index contributed by atoms with van der Waals surface area (Å²) >= 11 is 0. The van der Waals surface area contributed by atoms with Crippen molar-refractivity contribution in [3.05, 3.63) is 78.6 Å². The number of rotatable bonds is 5. The number of hydrogen-bond donors (Lipinski definition) is 1. The van der Waals surface area contributed by atoms with Crippen LogP contribution < -0.4 is 9.64 Å². The van der Waals surface area contributed by atoms with Gasteiger partial charge in [-0.15, -0.1) is 0 Å². The number of nitrogens with one attached hydrogen (secondary N) is 1. The minimum absolute atomic E-state index is 0.193. The molecule has 10 nitrogen and oxygen atoms in total. The topological polar surface area (TPSA) is 111 Å². The normalized spacial score (nSPS) is 15.5. The van der Waals surface area contributed by atoms with E-state index in [0.717, 1.165) is 11.3 Å². The summed E-state index contributed by atoms with van der Waals surface area (Å²) in [5.74, 6) is 1.00. The van der Waals surface area contributed by atoms with Crippen molar-refractivity contribution in [2.45, 2.75) is 6.04 Å². The second-order valence-electron chi connectivity index (χ2n) is 7.88. The summed E-state index contributed by atoms with van der Waals surface area (Å²) in [6, 6.07) is 13.6. The molecule has 174 valence electrons. The lowest BCUT2D eigenvalue weighted by Gasteiger charge is -2.21. The third kappa shape index (κ3) is 3.53. The lowest BCUT2D eigenvalue weighted by molar-refractivity contribution is 0.179. The van der Waals surface area contributed by atoms with Crippen LogP contribution in [-0.2, 0) is 4.74 Å². The molecule has 1 aliphatic rings. The smallest absolute Gasteiger partial charge is 0.416 e. The molecule has 5 aromatic rings. The van der Waals surface area contributed by atoms with Gasteiger partial charge < -0.3 is 9.47 Å². The Labute approximate surface area is 198 Å². The fraction of sp³-hybridized carbons (Fsp3) is 0.125. The highest BCUT2D eigenvalue weighted by molar-refractivity contribution is 5.90. The first-order valence-corrected chi connectivity index (χ1v) is 10.7. The second-order valence-corrected chi connectivity index (χ2v) is 7.88. The summed E-state index contributed by atoms with van der Waals surface area (Å²) in [4.78, 5) is 22.9. The summed E-state index contributed by atoms with van der Waals surface area (Å²) in [6.07, 6.45) is 4.14. The first-order valence-electron chi connectivity index (χ1n) is 10.7. The number of cyclic esters (lactones) is 1. The third-order valence-electron chi connectivity index (χ3n) is 5.93. The molecule has 0 bridgehead atoms. The molecule has 2 aromatic carbocycles. The van der Waals surface area contributed by atoms with Crippen molar-refractivity contribution < 1.29 is 18.7 Å². The first-order chi connectivity index (χ1) is 17.1. The van der Waals surface area contributed by atoms with Crippen LogP contribution in [0, 0.1) is 5.82 Å². The minimum Gasteiger partial charge on any atom is -0.497 e. The molecule has 1 fully saturated rings. The summed E-state index contributed by atoms with van der Waals surface area (Å²) in [6.45, 7) is 0.193. The monoisotopic (exact) mass is 471 g/mol. The summed E-state index contributed by atoms with van der Waals surface area (Å²) in [7, 11) is 1.60. The molecule has 1 atom stereocenters. The molecule has 11 heteroatoms. The third-order valence-corrected chi connectivity index (χ3v) is 5.93.